The van der Waals surface area contributed by atoms with Crippen molar-refractivity contribution >= 4 is 17.5 Å². The molecule has 1 N–H and O–H groups in total. The van der Waals surface area contributed by atoms with Gasteiger partial charge in [-0.3, -0.25) is 4.79 Å². The SMILES string of the molecule is CC(c1ccccc1O)N(C)C(=O)c1ccccc1Cl. The molecule has 1 atom stereocenters. The Kier molecular flexibility index (Phi) is 4.30. The smallest absolute Gasteiger partial charge is 0.255 e. The van der Waals surface area contributed by atoms with Gasteiger partial charge in [-0.25, -0.2) is 0 Å². The van der Waals surface area contributed by atoms with Gasteiger partial charge in [0.25, 0.3) is 5.91 Å². The molecule has 2 rings (SSSR count). The number of rotatable bonds is 3. The van der Waals surface area contributed by atoms with Crippen molar-refractivity contribution in [2.24, 2.45) is 0 Å². The maximum atomic E-state index is 12.5. The molecular weight excluding hydrogens is 274 g/mol. The van der Waals surface area contributed by atoms with Gasteiger partial charge in [-0.15, -0.1) is 0 Å². The molecule has 0 heterocycles. The van der Waals surface area contributed by atoms with Gasteiger partial charge >= 0.3 is 0 Å². The fourth-order valence-electron chi connectivity index (χ4n) is 2.05. The van der Waals surface area contributed by atoms with E-state index in [0.29, 0.717) is 16.1 Å². The number of carbonyl (C=O) groups excluding carboxylic acids is 1. The number of phenolic OH excluding ortho intramolecular Hbond substituents is 1. The molecule has 0 aliphatic rings. The van der Waals surface area contributed by atoms with Crippen molar-refractivity contribution in [3.05, 3.63) is 64.7 Å². The predicted octanol–water partition coefficient (Wildman–Crippen LogP) is 3.88. The Balaban J connectivity index is 2.28. The van der Waals surface area contributed by atoms with Crippen LogP contribution in [0.2, 0.25) is 5.02 Å². The lowest BCUT2D eigenvalue weighted by molar-refractivity contribution is 0.0741. The number of phenols is 1. The highest BCUT2D eigenvalue weighted by atomic mass is 35.5. The number of nitrogens with zero attached hydrogens (tertiary/aromatic N) is 1. The van der Waals surface area contributed by atoms with Crippen LogP contribution >= 0.6 is 11.6 Å². The molecule has 0 radical (unpaired) electrons. The van der Waals surface area contributed by atoms with E-state index in [9.17, 15) is 9.90 Å². The average molecular weight is 290 g/mol. The second kappa shape index (κ2) is 5.97. The Morgan fingerprint density at radius 1 is 1.15 bits per heavy atom. The van der Waals surface area contributed by atoms with Crippen LogP contribution in [0.15, 0.2) is 48.5 Å². The minimum atomic E-state index is -0.250. The molecule has 20 heavy (non-hydrogen) atoms. The summed E-state index contributed by atoms with van der Waals surface area (Å²) in [5.41, 5.74) is 1.16. The first-order chi connectivity index (χ1) is 9.52. The Labute approximate surface area is 123 Å². The van der Waals surface area contributed by atoms with Gasteiger partial charge in [-0.1, -0.05) is 41.9 Å². The second-order valence-electron chi connectivity index (χ2n) is 4.63. The summed E-state index contributed by atoms with van der Waals surface area (Å²) < 4.78 is 0. The lowest BCUT2D eigenvalue weighted by Gasteiger charge is -2.26. The van der Waals surface area contributed by atoms with Crippen molar-refractivity contribution in [2.75, 3.05) is 7.05 Å². The van der Waals surface area contributed by atoms with Gasteiger partial charge in [-0.2, -0.15) is 0 Å². The van der Waals surface area contributed by atoms with Crippen molar-refractivity contribution in [2.45, 2.75) is 13.0 Å². The van der Waals surface area contributed by atoms with Crippen LogP contribution in [0.3, 0.4) is 0 Å². The van der Waals surface area contributed by atoms with E-state index in [1.165, 1.54) is 0 Å². The van der Waals surface area contributed by atoms with Gasteiger partial charge in [-0.05, 0) is 25.1 Å². The average Bonchev–Trinajstić information content (AvgIpc) is 2.46. The lowest BCUT2D eigenvalue weighted by Crippen LogP contribution is -2.29. The van der Waals surface area contributed by atoms with E-state index in [2.05, 4.69) is 0 Å². The summed E-state index contributed by atoms with van der Waals surface area (Å²) in [6.07, 6.45) is 0. The summed E-state index contributed by atoms with van der Waals surface area (Å²) in [6, 6.07) is 13.7. The van der Waals surface area contributed by atoms with Gasteiger partial charge in [0, 0.05) is 12.6 Å². The van der Waals surface area contributed by atoms with Gasteiger partial charge in [0.1, 0.15) is 5.75 Å². The van der Waals surface area contributed by atoms with Gasteiger partial charge in [0.2, 0.25) is 0 Å². The van der Waals surface area contributed by atoms with Crippen LogP contribution in [0.4, 0.5) is 0 Å². The van der Waals surface area contributed by atoms with E-state index < -0.39 is 0 Å². The van der Waals surface area contributed by atoms with Crippen molar-refractivity contribution in [1.82, 2.24) is 4.90 Å². The molecule has 0 aliphatic carbocycles. The minimum absolute atomic E-state index is 0.175. The maximum Gasteiger partial charge on any atom is 0.255 e. The molecule has 0 saturated carbocycles. The zero-order chi connectivity index (χ0) is 14.7. The third-order valence-electron chi connectivity index (χ3n) is 3.39. The van der Waals surface area contributed by atoms with Gasteiger partial charge in [0.15, 0.2) is 0 Å². The Bertz CT molecular complexity index is 627. The van der Waals surface area contributed by atoms with E-state index in [0.717, 1.165) is 0 Å². The molecule has 0 aliphatic heterocycles. The number of hydrogen-bond acceptors (Lipinski definition) is 2. The zero-order valence-electron chi connectivity index (χ0n) is 11.4. The Morgan fingerprint density at radius 2 is 1.75 bits per heavy atom. The topological polar surface area (TPSA) is 40.5 Å². The number of hydrogen-bond donors (Lipinski definition) is 1. The monoisotopic (exact) mass is 289 g/mol. The molecule has 1 amide bonds. The minimum Gasteiger partial charge on any atom is -0.508 e. The standard InChI is InChI=1S/C16H16ClNO2/c1-11(12-7-4-6-10-15(12)19)18(2)16(20)13-8-3-5-9-14(13)17/h3-11,19H,1-2H3. The van der Waals surface area contributed by atoms with Gasteiger partial charge in [0.05, 0.1) is 16.6 Å². The van der Waals surface area contributed by atoms with Crippen LogP contribution in [0, 0.1) is 0 Å². The fourth-order valence-corrected chi connectivity index (χ4v) is 2.27. The first-order valence-corrected chi connectivity index (χ1v) is 6.69. The Morgan fingerprint density at radius 3 is 2.40 bits per heavy atom. The third kappa shape index (κ3) is 2.78. The number of halogens is 1. The van der Waals surface area contributed by atoms with Crippen LogP contribution in [-0.2, 0) is 0 Å². The molecule has 2 aromatic rings. The maximum absolute atomic E-state index is 12.5. The van der Waals surface area contributed by atoms with E-state index in [1.807, 2.05) is 13.0 Å². The molecule has 4 heteroatoms. The molecule has 0 spiro atoms. The first kappa shape index (κ1) is 14.4. The number of carbonyl (C=O) groups is 1. The van der Waals surface area contributed by atoms with E-state index in [4.69, 9.17) is 11.6 Å². The quantitative estimate of drug-likeness (QED) is 0.931. The fraction of sp³-hybridized carbons (Fsp3) is 0.188. The van der Waals surface area contributed by atoms with Crippen molar-refractivity contribution in [1.29, 1.82) is 0 Å². The highest BCUT2D eigenvalue weighted by Crippen LogP contribution is 2.29. The van der Waals surface area contributed by atoms with Crippen LogP contribution in [0.5, 0.6) is 5.75 Å². The molecule has 104 valence electrons. The Hall–Kier alpha value is -2.00. The molecule has 0 aromatic heterocycles. The van der Waals surface area contributed by atoms with Crippen LogP contribution in [-0.4, -0.2) is 23.0 Å². The molecule has 0 bridgehead atoms. The molecular formula is C16H16ClNO2. The summed E-state index contributed by atoms with van der Waals surface area (Å²) in [5, 5.41) is 10.3. The number of para-hydroxylation sites is 1. The van der Waals surface area contributed by atoms with E-state index in [1.54, 1.807) is 54.4 Å². The summed E-state index contributed by atoms with van der Waals surface area (Å²) >= 11 is 6.05. The summed E-state index contributed by atoms with van der Waals surface area (Å²) in [4.78, 5) is 14.0. The van der Waals surface area contributed by atoms with Crippen molar-refractivity contribution in [3.8, 4) is 5.75 Å². The highest BCUT2D eigenvalue weighted by Gasteiger charge is 2.22. The largest absolute Gasteiger partial charge is 0.508 e. The third-order valence-corrected chi connectivity index (χ3v) is 3.72. The molecule has 2 aromatic carbocycles. The number of benzene rings is 2. The molecule has 1 unspecified atom stereocenters. The van der Waals surface area contributed by atoms with Crippen LogP contribution < -0.4 is 0 Å². The van der Waals surface area contributed by atoms with Gasteiger partial charge < -0.3 is 10.0 Å². The zero-order valence-corrected chi connectivity index (χ0v) is 12.1. The lowest BCUT2D eigenvalue weighted by atomic mass is 10.1. The summed E-state index contributed by atoms with van der Waals surface area (Å²) in [6.45, 7) is 1.86. The molecule has 0 saturated heterocycles. The summed E-state index contributed by atoms with van der Waals surface area (Å²) in [5.74, 6) is 0.00478. The highest BCUT2D eigenvalue weighted by molar-refractivity contribution is 6.33. The number of amides is 1. The van der Waals surface area contributed by atoms with Crippen molar-refractivity contribution in [3.63, 3.8) is 0 Å². The van der Waals surface area contributed by atoms with Crippen LogP contribution in [0.25, 0.3) is 0 Å². The molecule has 0 fully saturated rings. The second-order valence-corrected chi connectivity index (χ2v) is 5.04. The number of aromatic hydroxyl groups is 1. The van der Waals surface area contributed by atoms with Crippen LogP contribution in [0.1, 0.15) is 28.9 Å². The van der Waals surface area contributed by atoms with Crippen molar-refractivity contribution < 1.29 is 9.90 Å². The van der Waals surface area contributed by atoms with E-state index >= 15 is 0 Å². The molecule has 3 nitrogen and oxygen atoms in total. The normalized spacial score (nSPS) is 11.9. The predicted molar refractivity (Wildman–Crippen MR) is 80.1 cm³/mol. The first-order valence-electron chi connectivity index (χ1n) is 6.32. The van der Waals surface area contributed by atoms with E-state index in [-0.39, 0.29) is 17.7 Å². The summed E-state index contributed by atoms with van der Waals surface area (Å²) in [7, 11) is 1.70.